The Morgan fingerprint density at radius 1 is 1.47 bits per heavy atom. The molecule has 0 amide bonds. The van der Waals surface area contributed by atoms with E-state index in [-0.39, 0.29) is 24.3 Å². The fourth-order valence-corrected chi connectivity index (χ4v) is 1.74. The van der Waals surface area contributed by atoms with Crippen LogP contribution in [0.15, 0.2) is 12.1 Å². The number of carbonyl (C=O) groups excluding carboxylic acids is 1. The first kappa shape index (κ1) is 15.4. The van der Waals surface area contributed by atoms with Crippen LogP contribution in [0.1, 0.15) is 30.6 Å². The smallest absolute Gasteiger partial charge is 0.308 e. The van der Waals surface area contributed by atoms with Crippen molar-refractivity contribution in [3.8, 4) is 0 Å². The Bertz CT molecular complexity index is 464. The molecule has 0 heterocycles. The zero-order valence-corrected chi connectivity index (χ0v) is 10.9. The van der Waals surface area contributed by atoms with E-state index in [4.69, 9.17) is 5.73 Å². The van der Waals surface area contributed by atoms with Crippen LogP contribution in [0.3, 0.4) is 0 Å². The van der Waals surface area contributed by atoms with Gasteiger partial charge in [0.05, 0.1) is 19.1 Å². The minimum atomic E-state index is -1.40. The van der Waals surface area contributed by atoms with E-state index in [1.54, 1.807) is 13.8 Å². The number of esters is 1. The topological polar surface area (TPSA) is 92.8 Å². The molecule has 0 spiro atoms. The minimum Gasteiger partial charge on any atom is -0.466 e. The Morgan fingerprint density at radius 3 is 2.68 bits per heavy atom. The van der Waals surface area contributed by atoms with Crippen molar-refractivity contribution in [3.63, 3.8) is 0 Å². The second-order valence-corrected chi connectivity index (χ2v) is 4.23. The Balaban J connectivity index is 2.88. The Labute approximate surface area is 110 Å². The number of rotatable bonds is 5. The standard InChI is InChI=1S/C13H18FNO4/c1-3-19-12(17)6-11(16)13(18)9-4-8(14)5-10(15)7(9)2/h4-5,11,13,16,18H,3,6,15H2,1-2H3. The average Bonchev–Trinajstić information content (AvgIpc) is 2.33. The predicted octanol–water partition coefficient (Wildman–Crippen LogP) is 1.06. The zero-order valence-electron chi connectivity index (χ0n) is 10.9. The number of halogens is 1. The van der Waals surface area contributed by atoms with E-state index in [1.165, 1.54) is 0 Å². The molecule has 0 aliphatic carbocycles. The van der Waals surface area contributed by atoms with Crippen molar-refractivity contribution in [1.29, 1.82) is 0 Å². The van der Waals surface area contributed by atoms with Crippen molar-refractivity contribution < 1.29 is 24.1 Å². The number of benzene rings is 1. The molecule has 2 unspecified atom stereocenters. The van der Waals surface area contributed by atoms with Crippen LogP contribution in [0.25, 0.3) is 0 Å². The highest BCUT2D eigenvalue weighted by molar-refractivity contribution is 5.70. The van der Waals surface area contributed by atoms with E-state index in [0.717, 1.165) is 12.1 Å². The summed E-state index contributed by atoms with van der Waals surface area (Å²) >= 11 is 0. The van der Waals surface area contributed by atoms with Gasteiger partial charge in [-0.2, -0.15) is 0 Å². The second kappa shape index (κ2) is 6.49. The van der Waals surface area contributed by atoms with Crippen LogP contribution in [-0.4, -0.2) is 28.9 Å². The summed E-state index contributed by atoms with van der Waals surface area (Å²) in [6.07, 6.45) is -3.15. The van der Waals surface area contributed by atoms with Gasteiger partial charge in [-0.1, -0.05) is 0 Å². The van der Waals surface area contributed by atoms with Gasteiger partial charge in [-0.05, 0) is 37.1 Å². The number of carbonyl (C=O) groups is 1. The number of aliphatic hydroxyl groups excluding tert-OH is 2. The van der Waals surface area contributed by atoms with Crippen molar-refractivity contribution in [3.05, 3.63) is 29.1 Å². The molecule has 0 aromatic heterocycles. The third kappa shape index (κ3) is 3.90. The van der Waals surface area contributed by atoms with Crippen LogP contribution < -0.4 is 5.73 Å². The van der Waals surface area contributed by atoms with Gasteiger partial charge in [0.15, 0.2) is 0 Å². The molecule has 0 saturated carbocycles. The molecule has 0 radical (unpaired) electrons. The van der Waals surface area contributed by atoms with Crippen LogP contribution in [0.5, 0.6) is 0 Å². The van der Waals surface area contributed by atoms with Gasteiger partial charge < -0.3 is 20.7 Å². The highest BCUT2D eigenvalue weighted by Gasteiger charge is 2.24. The number of nitrogen functional groups attached to an aromatic ring is 1. The van der Waals surface area contributed by atoms with Crippen LogP contribution in [0, 0.1) is 12.7 Å². The third-order valence-corrected chi connectivity index (χ3v) is 2.82. The predicted molar refractivity (Wildman–Crippen MR) is 67.8 cm³/mol. The van der Waals surface area contributed by atoms with E-state index >= 15 is 0 Å². The minimum absolute atomic E-state index is 0.161. The van der Waals surface area contributed by atoms with Crippen molar-refractivity contribution >= 4 is 11.7 Å². The van der Waals surface area contributed by atoms with E-state index in [0.29, 0.717) is 5.56 Å². The van der Waals surface area contributed by atoms with Crippen LogP contribution >= 0.6 is 0 Å². The molecule has 6 heteroatoms. The molecule has 0 aliphatic rings. The summed E-state index contributed by atoms with van der Waals surface area (Å²) in [5, 5.41) is 19.7. The Morgan fingerprint density at radius 2 is 2.11 bits per heavy atom. The molecule has 5 nitrogen and oxygen atoms in total. The van der Waals surface area contributed by atoms with E-state index in [9.17, 15) is 19.4 Å². The summed E-state index contributed by atoms with van der Waals surface area (Å²) < 4.78 is 17.9. The van der Waals surface area contributed by atoms with Crippen LogP contribution in [0.4, 0.5) is 10.1 Å². The Hall–Kier alpha value is -1.66. The van der Waals surface area contributed by atoms with Gasteiger partial charge in [-0.25, -0.2) is 4.39 Å². The van der Waals surface area contributed by atoms with Crippen LogP contribution in [0.2, 0.25) is 0 Å². The maximum absolute atomic E-state index is 13.3. The highest BCUT2D eigenvalue weighted by atomic mass is 19.1. The lowest BCUT2D eigenvalue weighted by atomic mass is 9.96. The van der Waals surface area contributed by atoms with Crippen molar-refractivity contribution in [2.45, 2.75) is 32.5 Å². The normalized spacial score (nSPS) is 13.9. The number of ether oxygens (including phenoxy) is 1. The molecule has 106 valence electrons. The van der Waals surface area contributed by atoms with Crippen molar-refractivity contribution in [1.82, 2.24) is 0 Å². The average molecular weight is 271 g/mol. The lowest BCUT2D eigenvalue weighted by Gasteiger charge is -2.20. The van der Waals surface area contributed by atoms with Gasteiger partial charge in [0.2, 0.25) is 0 Å². The van der Waals surface area contributed by atoms with E-state index < -0.39 is 24.0 Å². The molecular weight excluding hydrogens is 253 g/mol. The number of aliphatic hydroxyl groups is 2. The highest BCUT2D eigenvalue weighted by Crippen LogP contribution is 2.27. The van der Waals surface area contributed by atoms with Crippen molar-refractivity contribution in [2.24, 2.45) is 0 Å². The molecular formula is C13H18FNO4. The molecule has 19 heavy (non-hydrogen) atoms. The fraction of sp³-hybridized carbons (Fsp3) is 0.462. The first-order valence-electron chi connectivity index (χ1n) is 5.94. The van der Waals surface area contributed by atoms with Gasteiger partial charge in [0.1, 0.15) is 11.9 Å². The van der Waals surface area contributed by atoms with E-state index in [1.807, 2.05) is 0 Å². The number of anilines is 1. The molecule has 4 N–H and O–H groups in total. The summed E-state index contributed by atoms with van der Waals surface area (Å²) in [6, 6.07) is 2.22. The first-order chi connectivity index (χ1) is 8.86. The summed E-state index contributed by atoms with van der Waals surface area (Å²) in [6.45, 7) is 3.43. The van der Waals surface area contributed by atoms with Gasteiger partial charge in [0, 0.05) is 5.69 Å². The summed E-state index contributed by atoms with van der Waals surface area (Å²) in [5.74, 6) is -1.24. The number of hydrogen-bond donors (Lipinski definition) is 3. The monoisotopic (exact) mass is 271 g/mol. The largest absolute Gasteiger partial charge is 0.466 e. The molecule has 1 aromatic rings. The summed E-state index contributed by atoms with van der Waals surface area (Å²) in [4.78, 5) is 11.2. The van der Waals surface area contributed by atoms with Crippen molar-refractivity contribution in [2.75, 3.05) is 12.3 Å². The Kier molecular flexibility index (Phi) is 5.26. The number of hydrogen-bond acceptors (Lipinski definition) is 5. The second-order valence-electron chi connectivity index (χ2n) is 4.23. The summed E-state index contributed by atoms with van der Waals surface area (Å²) in [7, 11) is 0. The van der Waals surface area contributed by atoms with Gasteiger partial charge in [-0.3, -0.25) is 4.79 Å². The van der Waals surface area contributed by atoms with E-state index in [2.05, 4.69) is 4.74 Å². The quantitative estimate of drug-likeness (QED) is 0.550. The summed E-state index contributed by atoms with van der Waals surface area (Å²) in [5.41, 5.74) is 6.39. The molecule has 0 bridgehead atoms. The van der Waals surface area contributed by atoms with Gasteiger partial charge in [0.25, 0.3) is 0 Å². The zero-order chi connectivity index (χ0) is 14.6. The molecule has 0 aliphatic heterocycles. The third-order valence-electron chi connectivity index (χ3n) is 2.82. The SMILES string of the molecule is CCOC(=O)CC(O)C(O)c1cc(F)cc(N)c1C. The fourth-order valence-electron chi connectivity index (χ4n) is 1.74. The molecule has 1 rings (SSSR count). The molecule has 2 atom stereocenters. The lowest BCUT2D eigenvalue weighted by molar-refractivity contribution is -0.147. The lowest BCUT2D eigenvalue weighted by Crippen LogP contribution is -2.24. The molecule has 0 fully saturated rings. The first-order valence-corrected chi connectivity index (χ1v) is 5.94. The maximum atomic E-state index is 13.3. The van der Waals surface area contributed by atoms with Gasteiger partial charge >= 0.3 is 5.97 Å². The molecule has 1 aromatic carbocycles. The number of nitrogens with two attached hydrogens (primary N) is 1. The molecule has 0 saturated heterocycles. The van der Waals surface area contributed by atoms with Crippen LogP contribution in [-0.2, 0) is 9.53 Å². The van der Waals surface area contributed by atoms with Gasteiger partial charge in [-0.15, -0.1) is 0 Å². The maximum Gasteiger partial charge on any atom is 0.308 e.